The summed E-state index contributed by atoms with van der Waals surface area (Å²) >= 11 is 0. The molecule has 104 valence electrons. The van der Waals surface area contributed by atoms with Gasteiger partial charge in [-0.25, -0.2) is 4.79 Å². The van der Waals surface area contributed by atoms with Gasteiger partial charge in [0.2, 0.25) is 5.91 Å². The van der Waals surface area contributed by atoms with E-state index in [-0.39, 0.29) is 11.4 Å². The van der Waals surface area contributed by atoms with Crippen LogP contribution in [0.5, 0.6) is 0 Å². The topological polar surface area (TPSA) is 83.6 Å². The monoisotopic (exact) mass is 256 g/mol. The summed E-state index contributed by atoms with van der Waals surface area (Å²) in [5.74, 6) is -0.972. The Morgan fingerprint density at radius 3 is 2.56 bits per heavy atom. The van der Waals surface area contributed by atoms with Gasteiger partial charge in [-0.3, -0.25) is 4.79 Å². The Morgan fingerprint density at radius 1 is 1.33 bits per heavy atom. The van der Waals surface area contributed by atoms with Gasteiger partial charge >= 0.3 is 5.97 Å². The van der Waals surface area contributed by atoms with Crippen molar-refractivity contribution in [1.82, 2.24) is 4.90 Å². The molecule has 1 atom stereocenters. The molecule has 0 saturated carbocycles. The maximum Gasteiger partial charge on any atom is 0.326 e. The molecule has 1 amide bonds. The zero-order valence-corrected chi connectivity index (χ0v) is 11.3. The van der Waals surface area contributed by atoms with E-state index in [1.165, 1.54) is 4.90 Å². The highest BCUT2D eigenvalue weighted by Crippen LogP contribution is 2.19. The number of aliphatic carboxylic acids is 1. The number of rotatable bonds is 4. The Hall–Kier alpha value is -1.10. The van der Waals surface area contributed by atoms with E-state index in [0.717, 1.165) is 19.3 Å². The van der Waals surface area contributed by atoms with Gasteiger partial charge in [0.1, 0.15) is 6.04 Å². The Kier molecular flexibility index (Phi) is 5.14. The minimum atomic E-state index is -0.891. The zero-order chi connectivity index (χ0) is 13.8. The molecular weight excluding hydrogens is 232 g/mol. The first-order chi connectivity index (χ1) is 8.31. The van der Waals surface area contributed by atoms with Crippen molar-refractivity contribution in [3.05, 3.63) is 0 Å². The summed E-state index contributed by atoms with van der Waals surface area (Å²) in [6.45, 7) is 4.30. The molecule has 0 bridgehead atoms. The number of hydrogen-bond donors (Lipinski definition) is 2. The highest BCUT2D eigenvalue weighted by Gasteiger charge is 2.30. The van der Waals surface area contributed by atoms with Crippen LogP contribution in [-0.2, 0) is 9.59 Å². The van der Waals surface area contributed by atoms with Gasteiger partial charge in [-0.1, -0.05) is 12.8 Å². The zero-order valence-electron chi connectivity index (χ0n) is 11.3. The molecule has 0 aliphatic carbocycles. The second kappa shape index (κ2) is 6.18. The molecule has 0 aromatic rings. The molecule has 5 heteroatoms. The van der Waals surface area contributed by atoms with Crippen LogP contribution in [0.15, 0.2) is 0 Å². The summed E-state index contributed by atoms with van der Waals surface area (Å²) in [6.07, 6.45) is 4.23. The fourth-order valence-corrected chi connectivity index (χ4v) is 2.24. The average Bonchev–Trinajstić information content (AvgIpc) is 2.49. The molecule has 0 radical (unpaired) electrons. The van der Waals surface area contributed by atoms with E-state index >= 15 is 0 Å². The molecule has 5 nitrogen and oxygen atoms in total. The van der Waals surface area contributed by atoms with Crippen LogP contribution in [0.3, 0.4) is 0 Å². The first-order valence-electron chi connectivity index (χ1n) is 6.62. The number of carboxylic acids is 1. The standard InChI is InChI=1S/C13H24N2O3/c1-13(2,14)8-7-11(16)15-9-5-3-4-6-10(15)12(17)18/h10H,3-9,14H2,1-2H3,(H,17,18). The van der Waals surface area contributed by atoms with Crippen LogP contribution >= 0.6 is 0 Å². The molecule has 1 rings (SSSR count). The van der Waals surface area contributed by atoms with Gasteiger partial charge in [0.25, 0.3) is 0 Å². The summed E-state index contributed by atoms with van der Waals surface area (Å²) < 4.78 is 0. The van der Waals surface area contributed by atoms with Crippen molar-refractivity contribution >= 4 is 11.9 Å². The van der Waals surface area contributed by atoms with Crippen LogP contribution in [0.1, 0.15) is 52.4 Å². The number of amides is 1. The fraction of sp³-hybridized carbons (Fsp3) is 0.846. The normalized spacial score (nSPS) is 21.5. The molecule has 1 aliphatic rings. The third-order valence-electron chi connectivity index (χ3n) is 3.34. The first kappa shape index (κ1) is 15.0. The van der Waals surface area contributed by atoms with Gasteiger partial charge < -0.3 is 15.7 Å². The van der Waals surface area contributed by atoms with Crippen LogP contribution < -0.4 is 5.73 Å². The molecule has 18 heavy (non-hydrogen) atoms. The summed E-state index contributed by atoms with van der Waals surface area (Å²) in [5.41, 5.74) is 5.46. The van der Waals surface area contributed by atoms with Crippen LogP contribution in [-0.4, -0.2) is 40.0 Å². The van der Waals surface area contributed by atoms with Crippen LogP contribution in [0, 0.1) is 0 Å². The highest BCUT2D eigenvalue weighted by molar-refractivity contribution is 5.83. The number of carbonyl (C=O) groups excluding carboxylic acids is 1. The molecule has 1 saturated heterocycles. The molecule has 0 aromatic heterocycles. The fourth-order valence-electron chi connectivity index (χ4n) is 2.24. The number of nitrogens with zero attached hydrogens (tertiary/aromatic N) is 1. The SMILES string of the molecule is CC(C)(N)CCC(=O)N1CCCCCC1C(=O)O. The third kappa shape index (κ3) is 4.64. The lowest BCUT2D eigenvalue weighted by Gasteiger charge is -2.28. The Labute approximate surface area is 108 Å². The lowest BCUT2D eigenvalue weighted by molar-refractivity contribution is -0.150. The van der Waals surface area contributed by atoms with Crippen molar-refractivity contribution in [3.63, 3.8) is 0 Å². The minimum absolute atomic E-state index is 0.0807. The van der Waals surface area contributed by atoms with Gasteiger partial charge in [0, 0.05) is 18.5 Å². The van der Waals surface area contributed by atoms with Crippen molar-refractivity contribution in [1.29, 1.82) is 0 Å². The summed E-state index contributed by atoms with van der Waals surface area (Å²) in [4.78, 5) is 24.9. The smallest absolute Gasteiger partial charge is 0.326 e. The Bertz CT molecular complexity index is 310. The van der Waals surface area contributed by atoms with Crippen molar-refractivity contribution < 1.29 is 14.7 Å². The van der Waals surface area contributed by atoms with Gasteiger partial charge in [-0.05, 0) is 33.1 Å². The van der Waals surface area contributed by atoms with Gasteiger partial charge in [-0.15, -0.1) is 0 Å². The highest BCUT2D eigenvalue weighted by atomic mass is 16.4. The summed E-state index contributed by atoms with van der Waals surface area (Å²) in [5, 5.41) is 9.19. The molecule has 1 fully saturated rings. The van der Waals surface area contributed by atoms with Crippen molar-refractivity contribution in [2.24, 2.45) is 5.73 Å². The lowest BCUT2D eigenvalue weighted by Crippen LogP contribution is -2.45. The van der Waals surface area contributed by atoms with E-state index in [9.17, 15) is 14.7 Å². The number of nitrogens with two attached hydrogens (primary N) is 1. The van der Waals surface area contributed by atoms with Crippen molar-refractivity contribution in [3.8, 4) is 0 Å². The average molecular weight is 256 g/mol. The van der Waals surface area contributed by atoms with Gasteiger partial charge in [-0.2, -0.15) is 0 Å². The van der Waals surface area contributed by atoms with Gasteiger partial charge in [0.05, 0.1) is 0 Å². The van der Waals surface area contributed by atoms with Crippen LogP contribution in [0.25, 0.3) is 0 Å². The summed E-state index contributed by atoms with van der Waals surface area (Å²) in [7, 11) is 0. The van der Waals surface area contributed by atoms with Crippen molar-refractivity contribution in [2.45, 2.75) is 64.0 Å². The maximum absolute atomic E-state index is 12.1. The number of likely N-dealkylation sites (tertiary alicyclic amines) is 1. The molecular formula is C13H24N2O3. The minimum Gasteiger partial charge on any atom is -0.480 e. The predicted molar refractivity (Wildman–Crippen MR) is 69.1 cm³/mol. The third-order valence-corrected chi connectivity index (χ3v) is 3.34. The molecule has 0 aromatic carbocycles. The lowest BCUT2D eigenvalue weighted by atomic mass is 9.99. The molecule has 0 spiro atoms. The van der Waals surface area contributed by atoms with E-state index in [1.807, 2.05) is 13.8 Å². The number of carbonyl (C=O) groups is 2. The van der Waals surface area contributed by atoms with Crippen molar-refractivity contribution in [2.75, 3.05) is 6.54 Å². The van der Waals surface area contributed by atoms with E-state index < -0.39 is 12.0 Å². The molecule has 1 unspecified atom stereocenters. The van der Waals surface area contributed by atoms with E-state index in [4.69, 9.17) is 5.73 Å². The molecule has 1 aliphatic heterocycles. The predicted octanol–water partition coefficient (Wildman–Crippen LogP) is 1.36. The molecule has 1 heterocycles. The van der Waals surface area contributed by atoms with Gasteiger partial charge in [0.15, 0.2) is 0 Å². The maximum atomic E-state index is 12.1. The Balaban J connectivity index is 2.64. The largest absolute Gasteiger partial charge is 0.480 e. The van der Waals surface area contributed by atoms with Crippen LogP contribution in [0.4, 0.5) is 0 Å². The molecule has 3 N–H and O–H groups in total. The first-order valence-corrected chi connectivity index (χ1v) is 6.62. The quantitative estimate of drug-likeness (QED) is 0.795. The second-order valence-electron chi connectivity index (χ2n) is 5.78. The van der Waals surface area contributed by atoms with E-state index in [1.54, 1.807) is 0 Å². The van der Waals surface area contributed by atoms with E-state index in [2.05, 4.69) is 0 Å². The van der Waals surface area contributed by atoms with Crippen LogP contribution in [0.2, 0.25) is 0 Å². The summed E-state index contributed by atoms with van der Waals surface area (Å²) in [6, 6.07) is -0.652. The number of hydrogen-bond acceptors (Lipinski definition) is 3. The van der Waals surface area contributed by atoms with E-state index in [0.29, 0.717) is 25.8 Å². The number of carboxylic acid groups (broad SMARTS) is 1. The Morgan fingerprint density at radius 2 is 2.00 bits per heavy atom. The second-order valence-corrected chi connectivity index (χ2v) is 5.78.